The Labute approximate surface area is 194 Å². The maximum Gasteiger partial charge on any atom is 0.187 e. The van der Waals surface area contributed by atoms with Crippen molar-refractivity contribution in [2.24, 2.45) is 5.92 Å². The van der Waals surface area contributed by atoms with Crippen molar-refractivity contribution in [1.29, 1.82) is 0 Å². The van der Waals surface area contributed by atoms with Gasteiger partial charge in [-0.25, -0.2) is 0 Å². The van der Waals surface area contributed by atoms with Crippen LogP contribution in [0, 0.1) is 5.92 Å². The third kappa shape index (κ3) is 5.30. The molecule has 1 saturated heterocycles. The van der Waals surface area contributed by atoms with E-state index in [2.05, 4.69) is 5.32 Å². The molecule has 14 atom stereocenters. The van der Waals surface area contributed by atoms with Crippen LogP contribution in [0.1, 0.15) is 6.42 Å². The first-order chi connectivity index (χ1) is 16.0. The second-order valence-corrected chi connectivity index (χ2v) is 9.08. The van der Waals surface area contributed by atoms with Gasteiger partial charge in [0.25, 0.3) is 0 Å². The van der Waals surface area contributed by atoms with Crippen LogP contribution in [-0.2, 0) is 9.47 Å². The zero-order valence-electron chi connectivity index (χ0n) is 18.2. The number of rotatable bonds is 7. The summed E-state index contributed by atoms with van der Waals surface area (Å²) in [6, 6.07) is -1.94. The van der Waals surface area contributed by atoms with Crippen molar-refractivity contribution in [2.45, 2.75) is 85.8 Å². The molecule has 0 unspecified atom stereocenters. The normalized spacial score (nSPS) is 50.1. The van der Waals surface area contributed by atoms with E-state index in [9.17, 15) is 56.2 Å². The van der Waals surface area contributed by atoms with Crippen molar-refractivity contribution in [1.82, 2.24) is 5.32 Å². The van der Waals surface area contributed by atoms with Crippen molar-refractivity contribution in [3.05, 3.63) is 11.6 Å². The third-order valence-corrected chi connectivity index (χ3v) is 6.90. The van der Waals surface area contributed by atoms with Gasteiger partial charge < -0.3 is 71.0 Å². The molecule has 0 aromatic heterocycles. The van der Waals surface area contributed by atoms with Crippen LogP contribution in [0.2, 0.25) is 0 Å². The molecule has 1 saturated carbocycles. The van der Waals surface area contributed by atoms with E-state index in [1.54, 1.807) is 0 Å². The Morgan fingerprint density at radius 1 is 0.794 bits per heavy atom. The summed E-state index contributed by atoms with van der Waals surface area (Å²) in [6.45, 7) is -1.80. The Kier molecular flexibility index (Phi) is 9.38. The van der Waals surface area contributed by atoms with E-state index in [4.69, 9.17) is 9.47 Å². The fraction of sp³-hybridized carbons (Fsp3) is 0.900. The summed E-state index contributed by atoms with van der Waals surface area (Å²) in [7, 11) is 0. The highest BCUT2D eigenvalue weighted by atomic mass is 16.7. The van der Waals surface area contributed by atoms with E-state index in [0.717, 1.165) is 0 Å². The summed E-state index contributed by atoms with van der Waals surface area (Å²) in [6.07, 6.45) is -15.7. The van der Waals surface area contributed by atoms with Gasteiger partial charge in [-0.05, 0) is 12.0 Å². The minimum Gasteiger partial charge on any atom is -0.396 e. The molecule has 0 aromatic carbocycles. The van der Waals surface area contributed by atoms with Crippen LogP contribution in [0.25, 0.3) is 0 Å². The first-order valence-electron chi connectivity index (χ1n) is 11.1. The third-order valence-electron chi connectivity index (χ3n) is 6.90. The molecule has 0 spiro atoms. The van der Waals surface area contributed by atoms with Crippen LogP contribution in [0.15, 0.2) is 11.6 Å². The molecule has 14 nitrogen and oxygen atoms in total. The van der Waals surface area contributed by atoms with Gasteiger partial charge in [-0.2, -0.15) is 0 Å². The molecule has 0 aromatic rings. The van der Waals surface area contributed by atoms with Crippen molar-refractivity contribution < 1.29 is 65.6 Å². The molecule has 1 heterocycles. The van der Waals surface area contributed by atoms with E-state index in [-0.39, 0.29) is 12.0 Å². The summed E-state index contributed by atoms with van der Waals surface area (Å²) in [5.74, 6) is -0.833. The van der Waals surface area contributed by atoms with Crippen LogP contribution < -0.4 is 5.32 Å². The van der Waals surface area contributed by atoms with Crippen LogP contribution >= 0.6 is 0 Å². The summed E-state index contributed by atoms with van der Waals surface area (Å²) in [4.78, 5) is 0. The van der Waals surface area contributed by atoms with E-state index >= 15 is 0 Å². The Morgan fingerprint density at radius 2 is 1.47 bits per heavy atom. The van der Waals surface area contributed by atoms with Crippen molar-refractivity contribution in [2.75, 3.05) is 19.8 Å². The van der Waals surface area contributed by atoms with Gasteiger partial charge in [-0.1, -0.05) is 6.08 Å². The molecule has 0 bridgehead atoms. The molecule has 198 valence electrons. The van der Waals surface area contributed by atoms with Gasteiger partial charge >= 0.3 is 0 Å². The lowest BCUT2D eigenvalue weighted by Gasteiger charge is -2.47. The summed E-state index contributed by atoms with van der Waals surface area (Å²) in [5, 5.41) is 113. The van der Waals surface area contributed by atoms with Crippen molar-refractivity contribution in [3.63, 3.8) is 0 Å². The van der Waals surface area contributed by atoms with Crippen molar-refractivity contribution >= 4 is 0 Å². The SMILES string of the molecule is OCC1=C[C@@H](N[C@@H]2C[C@H](CO)[C@@H](O[C@H]3O[C@@H](CO)[C@H](O)[C@@H](O)[C@@H]3O)[C@H](O)[C@@H]2O)[C@H](O)[C@H](O)[C@H]1O. The lowest BCUT2D eigenvalue weighted by molar-refractivity contribution is -0.328. The van der Waals surface area contributed by atoms with E-state index in [0.29, 0.717) is 0 Å². The summed E-state index contributed by atoms with van der Waals surface area (Å²) in [5.41, 5.74) is 0.0590. The number of aliphatic hydroxyl groups excluding tert-OH is 11. The predicted molar refractivity (Wildman–Crippen MR) is 110 cm³/mol. The van der Waals surface area contributed by atoms with E-state index in [1.807, 2.05) is 0 Å². The first kappa shape index (κ1) is 27.8. The predicted octanol–water partition coefficient (Wildman–Crippen LogP) is -6.75. The largest absolute Gasteiger partial charge is 0.396 e. The standard InChI is InChI=1S/C20H35NO13/c22-3-6-1-8(12(26)15(29)11(6)25)21-9-2-7(4-23)19(17(31)13(9)27)34-20-18(32)16(30)14(28)10(5-24)33-20/h1,7-32H,2-5H2/t7-,8-,9-,10+,11+,12+,13-,14+,15-,16-,17-,18+,19-,20-/m1/s1. The molecule has 3 aliphatic rings. The Balaban J connectivity index is 1.73. The van der Waals surface area contributed by atoms with Crippen LogP contribution in [0.4, 0.5) is 0 Å². The number of aliphatic hydroxyl groups is 11. The fourth-order valence-electron chi connectivity index (χ4n) is 4.77. The zero-order valence-corrected chi connectivity index (χ0v) is 18.2. The average molecular weight is 497 g/mol. The van der Waals surface area contributed by atoms with Gasteiger partial charge in [-0.15, -0.1) is 0 Å². The molecule has 0 amide bonds. The van der Waals surface area contributed by atoms with Crippen molar-refractivity contribution in [3.8, 4) is 0 Å². The molecule has 12 N–H and O–H groups in total. The van der Waals surface area contributed by atoms with Crippen LogP contribution in [-0.4, -0.2) is 155 Å². The highest BCUT2D eigenvalue weighted by Crippen LogP contribution is 2.33. The number of nitrogens with one attached hydrogen (secondary N) is 1. The molecule has 3 rings (SSSR count). The molecule has 14 heteroatoms. The second kappa shape index (κ2) is 11.5. The molecule has 0 radical (unpaired) electrons. The minimum absolute atomic E-state index is 0.0129. The average Bonchev–Trinajstić information content (AvgIpc) is 2.83. The van der Waals surface area contributed by atoms with Crippen LogP contribution in [0.3, 0.4) is 0 Å². The molecular weight excluding hydrogens is 462 g/mol. The Bertz CT molecular complexity index is 693. The molecule has 1 aliphatic heterocycles. The highest BCUT2D eigenvalue weighted by molar-refractivity contribution is 5.22. The number of hydrogen-bond donors (Lipinski definition) is 12. The molecular formula is C20H35NO13. The maximum absolute atomic E-state index is 10.7. The van der Waals surface area contributed by atoms with Gasteiger partial charge in [0.1, 0.15) is 48.8 Å². The maximum atomic E-state index is 10.7. The smallest absolute Gasteiger partial charge is 0.187 e. The Morgan fingerprint density at radius 3 is 2.06 bits per heavy atom. The lowest BCUT2D eigenvalue weighted by Crippen LogP contribution is -2.66. The van der Waals surface area contributed by atoms with Gasteiger partial charge in [-0.3, -0.25) is 0 Å². The quantitative estimate of drug-likeness (QED) is 0.146. The first-order valence-corrected chi connectivity index (χ1v) is 11.1. The fourth-order valence-corrected chi connectivity index (χ4v) is 4.77. The molecule has 2 aliphatic carbocycles. The van der Waals surface area contributed by atoms with Crippen LogP contribution in [0.5, 0.6) is 0 Å². The molecule has 34 heavy (non-hydrogen) atoms. The monoisotopic (exact) mass is 497 g/mol. The van der Waals surface area contributed by atoms with E-state index in [1.165, 1.54) is 6.08 Å². The van der Waals surface area contributed by atoms with Gasteiger partial charge in [0, 0.05) is 18.6 Å². The van der Waals surface area contributed by atoms with Gasteiger partial charge in [0.05, 0.1) is 31.5 Å². The van der Waals surface area contributed by atoms with E-state index < -0.39 is 105 Å². The Hall–Kier alpha value is -0.820. The zero-order chi connectivity index (χ0) is 25.3. The second-order valence-electron chi connectivity index (χ2n) is 9.08. The number of ether oxygens (including phenoxy) is 2. The van der Waals surface area contributed by atoms with Gasteiger partial charge in [0.15, 0.2) is 6.29 Å². The highest BCUT2D eigenvalue weighted by Gasteiger charge is 2.50. The minimum atomic E-state index is -1.75. The van der Waals surface area contributed by atoms with Gasteiger partial charge in [0.2, 0.25) is 0 Å². The topological polar surface area (TPSA) is 253 Å². The summed E-state index contributed by atoms with van der Waals surface area (Å²) < 4.78 is 10.9. The molecule has 2 fully saturated rings. The summed E-state index contributed by atoms with van der Waals surface area (Å²) >= 11 is 0. The number of hydrogen-bond acceptors (Lipinski definition) is 14. The lowest BCUT2D eigenvalue weighted by atomic mass is 9.78.